The Morgan fingerprint density at radius 3 is 2.25 bits per heavy atom. The lowest BCUT2D eigenvalue weighted by Gasteiger charge is -2.38. The quantitative estimate of drug-likeness (QED) is 0.0832. The zero-order valence-electron chi connectivity index (χ0n) is 32.7. The molecule has 0 bridgehead atoms. The molecular weight excluding hydrogens is 650 g/mol. The largest absolute Gasteiger partial charge is 0.493 e. The van der Waals surface area contributed by atoms with Gasteiger partial charge >= 0.3 is 11.9 Å². The Bertz CT molecular complexity index is 1820. The fraction of sp³-hybridized carbons (Fsp3) is 0.444. The Kier molecular flexibility index (Phi) is 14.4. The summed E-state index contributed by atoms with van der Waals surface area (Å²) in [5.74, 6) is 1.43. The third-order valence-corrected chi connectivity index (χ3v) is 10.0. The number of benzene rings is 2. The summed E-state index contributed by atoms with van der Waals surface area (Å²) >= 11 is 0. The molecule has 0 fully saturated rings. The van der Waals surface area contributed by atoms with Crippen LogP contribution in [0, 0.1) is 20.8 Å². The second-order valence-electron chi connectivity index (χ2n) is 14.7. The first-order valence-corrected chi connectivity index (χ1v) is 18.6. The third-order valence-electron chi connectivity index (χ3n) is 10.0. The van der Waals surface area contributed by atoms with Crippen LogP contribution in [0.1, 0.15) is 124 Å². The zero-order chi connectivity index (χ0) is 37.8. The number of fused-ring (bicyclic) bond motifs is 1. The number of aromatic nitrogens is 1. The fourth-order valence-electron chi connectivity index (χ4n) is 6.58. The Labute approximate surface area is 311 Å². The average molecular weight is 708 g/mol. The number of aryl methyl sites for hydroxylation is 1. The van der Waals surface area contributed by atoms with Gasteiger partial charge in [-0.2, -0.15) is 0 Å². The molecule has 1 atom stereocenters. The van der Waals surface area contributed by atoms with Gasteiger partial charge in [0.15, 0.2) is 11.5 Å². The number of hydrogen-bond acceptors (Lipinski definition) is 7. The van der Waals surface area contributed by atoms with Gasteiger partial charge in [0.2, 0.25) is 0 Å². The van der Waals surface area contributed by atoms with E-state index in [1.165, 1.54) is 30.0 Å². The van der Waals surface area contributed by atoms with Crippen LogP contribution in [0.5, 0.6) is 23.0 Å². The van der Waals surface area contributed by atoms with Crippen molar-refractivity contribution >= 4 is 11.9 Å². The van der Waals surface area contributed by atoms with E-state index < -0.39 is 5.97 Å². The molecule has 4 rings (SSSR count). The van der Waals surface area contributed by atoms with Crippen molar-refractivity contribution in [1.29, 1.82) is 0 Å². The lowest BCUT2D eigenvalue weighted by atomic mass is 9.85. The molecule has 7 nitrogen and oxygen atoms in total. The molecule has 2 aromatic carbocycles. The van der Waals surface area contributed by atoms with E-state index in [4.69, 9.17) is 18.9 Å². The molecule has 0 radical (unpaired) electrons. The first kappa shape index (κ1) is 40.1. The molecule has 0 saturated carbocycles. The fourth-order valence-corrected chi connectivity index (χ4v) is 6.58. The molecule has 278 valence electrons. The zero-order valence-corrected chi connectivity index (χ0v) is 32.7. The monoisotopic (exact) mass is 707 g/mol. The number of rotatable bonds is 16. The molecule has 7 heteroatoms. The van der Waals surface area contributed by atoms with Crippen molar-refractivity contribution in [3.8, 4) is 23.0 Å². The second-order valence-corrected chi connectivity index (χ2v) is 14.7. The molecular formula is C45H57NO6. The molecule has 0 aliphatic carbocycles. The van der Waals surface area contributed by atoms with Crippen LogP contribution in [0.4, 0.5) is 0 Å². The highest BCUT2D eigenvalue weighted by atomic mass is 16.6. The van der Waals surface area contributed by atoms with Crippen LogP contribution in [-0.4, -0.2) is 29.6 Å². The van der Waals surface area contributed by atoms with Crippen LogP contribution in [0.25, 0.3) is 0 Å². The average Bonchev–Trinajstić information content (AvgIpc) is 3.12. The maximum Gasteiger partial charge on any atom is 0.345 e. The number of methoxy groups -OCH3 is 1. The van der Waals surface area contributed by atoms with Gasteiger partial charge in [0, 0.05) is 24.4 Å². The van der Waals surface area contributed by atoms with Gasteiger partial charge in [-0.05, 0) is 160 Å². The molecule has 3 aromatic rings. The first-order valence-electron chi connectivity index (χ1n) is 18.6. The maximum atomic E-state index is 13.2. The predicted molar refractivity (Wildman–Crippen MR) is 209 cm³/mol. The van der Waals surface area contributed by atoms with Gasteiger partial charge in [0.25, 0.3) is 0 Å². The van der Waals surface area contributed by atoms with Crippen LogP contribution in [0.3, 0.4) is 0 Å². The number of hydrogen-bond donors (Lipinski definition) is 0. The minimum Gasteiger partial charge on any atom is -0.493 e. The van der Waals surface area contributed by atoms with E-state index in [2.05, 4.69) is 64.8 Å². The number of pyridine rings is 1. The van der Waals surface area contributed by atoms with Crippen molar-refractivity contribution in [2.75, 3.05) is 7.11 Å². The Morgan fingerprint density at radius 2 is 1.58 bits per heavy atom. The molecule has 1 aliphatic rings. The number of esters is 2. The van der Waals surface area contributed by atoms with E-state index in [0.717, 1.165) is 84.9 Å². The summed E-state index contributed by atoms with van der Waals surface area (Å²) in [6.07, 6.45) is 18.9. The van der Waals surface area contributed by atoms with Crippen molar-refractivity contribution in [3.05, 3.63) is 111 Å². The second kappa shape index (κ2) is 18.7. The van der Waals surface area contributed by atoms with Crippen molar-refractivity contribution in [1.82, 2.24) is 4.98 Å². The Balaban J connectivity index is 1.32. The highest BCUT2D eigenvalue weighted by Gasteiger charge is 2.34. The van der Waals surface area contributed by atoms with Crippen LogP contribution < -0.4 is 18.9 Å². The lowest BCUT2D eigenvalue weighted by Crippen LogP contribution is -2.37. The number of nitrogens with zero attached hydrogens (tertiary/aromatic N) is 1. The van der Waals surface area contributed by atoms with Gasteiger partial charge in [0.1, 0.15) is 17.1 Å². The smallest absolute Gasteiger partial charge is 0.345 e. The van der Waals surface area contributed by atoms with E-state index >= 15 is 0 Å². The van der Waals surface area contributed by atoms with Crippen LogP contribution in [0.2, 0.25) is 0 Å². The summed E-state index contributed by atoms with van der Waals surface area (Å²) in [6.45, 7) is 17.1. The number of carbonyl (C=O) groups excluding carboxylic acids is 2. The summed E-state index contributed by atoms with van der Waals surface area (Å²) in [5, 5.41) is 0. The summed E-state index contributed by atoms with van der Waals surface area (Å²) in [6, 6.07) is 8.58. The van der Waals surface area contributed by atoms with Crippen molar-refractivity contribution < 1.29 is 28.5 Å². The first-order chi connectivity index (χ1) is 24.8. The Hall–Kier alpha value is -4.65. The molecule has 2 heterocycles. The van der Waals surface area contributed by atoms with Gasteiger partial charge in [-0.1, -0.05) is 41.0 Å². The minimum absolute atomic E-state index is 0.181. The molecule has 0 N–H and O–H groups in total. The summed E-state index contributed by atoms with van der Waals surface area (Å²) in [7, 11) is 1.51. The third kappa shape index (κ3) is 11.2. The molecule has 52 heavy (non-hydrogen) atoms. The molecule has 0 unspecified atom stereocenters. The molecule has 0 amide bonds. The van der Waals surface area contributed by atoms with Crippen LogP contribution in [0.15, 0.2) is 77.7 Å². The Morgan fingerprint density at radius 1 is 0.865 bits per heavy atom. The van der Waals surface area contributed by atoms with E-state index in [1.807, 2.05) is 19.9 Å². The normalized spacial score (nSPS) is 15.7. The minimum atomic E-state index is -0.526. The highest BCUT2D eigenvalue weighted by molar-refractivity contribution is 5.91. The van der Waals surface area contributed by atoms with Gasteiger partial charge in [0.05, 0.1) is 12.7 Å². The maximum absolute atomic E-state index is 13.2. The predicted octanol–water partition coefficient (Wildman–Crippen LogP) is 11.1. The molecule has 0 spiro atoms. The van der Waals surface area contributed by atoms with Crippen LogP contribution in [-0.2, 0) is 17.6 Å². The van der Waals surface area contributed by atoms with Gasteiger partial charge in [-0.3, -0.25) is 9.78 Å². The standard InChI is InChI=1S/C45H57NO6/c1-30(2)14-10-15-31(3)16-11-17-32(4)18-12-25-45(8)26-24-38-35(7)42(33(5)34(6)43(38)52-45)51-41(47)23-21-36-20-22-39(40(28-36)49-9)50-44(48)37-19-13-27-46-29-37/h13-14,16,18-20,22,27-29H,10-12,15,17,21,23-26H2,1-9H3/b31-16+,32-18+/t45-/m1/s1. The van der Waals surface area contributed by atoms with Gasteiger partial charge < -0.3 is 18.9 Å². The van der Waals surface area contributed by atoms with Gasteiger partial charge in [-0.25, -0.2) is 4.79 Å². The van der Waals surface area contributed by atoms with E-state index in [9.17, 15) is 9.59 Å². The number of carbonyl (C=O) groups is 2. The van der Waals surface area contributed by atoms with E-state index in [0.29, 0.717) is 29.2 Å². The lowest BCUT2D eigenvalue weighted by molar-refractivity contribution is -0.134. The van der Waals surface area contributed by atoms with Crippen molar-refractivity contribution in [2.24, 2.45) is 0 Å². The van der Waals surface area contributed by atoms with Crippen LogP contribution >= 0.6 is 0 Å². The summed E-state index contributed by atoms with van der Waals surface area (Å²) in [5.41, 5.74) is 9.29. The number of allylic oxidation sites excluding steroid dienone is 6. The summed E-state index contributed by atoms with van der Waals surface area (Å²) in [4.78, 5) is 29.6. The van der Waals surface area contributed by atoms with E-state index in [1.54, 1.807) is 30.5 Å². The SMILES string of the molecule is COc1cc(CCC(=O)Oc2c(C)c(C)c3c(c2C)CC[C@@](C)(CC/C=C(\C)CC/C=C(\C)CCC=C(C)C)O3)ccc1OC(=O)c1cccnc1. The highest BCUT2D eigenvalue weighted by Crippen LogP contribution is 2.45. The van der Waals surface area contributed by atoms with Gasteiger partial charge in [-0.15, -0.1) is 0 Å². The molecule has 1 aliphatic heterocycles. The number of ether oxygens (including phenoxy) is 4. The molecule has 0 saturated heterocycles. The molecule has 1 aromatic heterocycles. The summed E-state index contributed by atoms with van der Waals surface area (Å²) < 4.78 is 23.8. The van der Waals surface area contributed by atoms with Crippen molar-refractivity contribution in [3.63, 3.8) is 0 Å². The van der Waals surface area contributed by atoms with Crippen molar-refractivity contribution in [2.45, 2.75) is 125 Å². The topological polar surface area (TPSA) is 84.0 Å². The van der Waals surface area contributed by atoms with E-state index in [-0.39, 0.29) is 18.0 Å².